The number of hydrogen-bond acceptors (Lipinski definition) is 7. The Kier molecular flexibility index (Phi) is 6.99. The van der Waals surface area contributed by atoms with Crippen LogP contribution in [0.4, 0.5) is 0 Å². The molecule has 0 spiro atoms. The predicted octanol–water partition coefficient (Wildman–Crippen LogP) is 2.64. The second kappa shape index (κ2) is 10.1. The van der Waals surface area contributed by atoms with Crippen molar-refractivity contribution >= 4 is 45.2 Å². The van der Waals surface area contributed by atoms with Crippen molar-refractivity contribution in [3.63, 3.8) is 0 Å². The molecule has 0 fully saturated rings. The molecule has 3 amide bonds. The third-order valence-corrected chi connectivity index (χ3v) is 6.29. The predicted molar refractivity (Wildman–Crippen MR) is 125 cm³/mol. The molecule has 0 saturated carbocycles. The van der Waals surface area contributed by atoms with Gasteiger partial charge in [-0.3, -0.25) is 19.3 Å². The summed E-state index contributed by atoms with van der Waals surface area (Å²) < 4.78 is 13.1. The molecule has 4 rings (SSSR count). The number of hydrogen-bond donors (Lipinski definition) is 0. The number of amides is 3. The summed E-state index contributed by atoms with van der Waals surface area (Å²) in [4.78, 5) is 55.6. The summed E-state index contributed by atoms with van der Waals surface area (Å²) in [5, 5.41) is 0. The fourth-order valence-electron chi connectivity index (χ4n) is 3.68. The first-order valence-electron chi connectivity index (χ1n) is 10.9. The van der Waals surface area contributed by atoms with Crippen LogP contribution in [-0.2, 0) is 20.8 Å². The summed E-state index contributed by atoms with van der Waals surface area (Å²) in [7, 11) is 0. The maximum atomic E-state index is 12.8. The van der Waals surface area contributed by atoms with Crippen molar-refractivity contribution in [1.29, 1.82) is 0 Å². The number of imide groups is 1. The number of esters is 1. The molecule has 0 unspecified atom stereocenters. The number of fused-ring (bicyclic) bond motifs is 2. The number of benzene rings is 2. The van der Waals surface area contributed by atoms with Gasteiger partial charge >= 0.3 is 5.97 Å². The maximum absolute atomic E-state index is 12.8. The highest BCUT2D eigenvalue weighted by atomic mass is 32.1. The van der Waals surface area contributed by atoms with Crippen molar-refractivity contribution in [3.05, 3.63) is 64.0 Å². The molecule has 1 aromatic heterocycles. The van der Waals surface area contributed by atoms with Gasteiger partial charge in [0.15, 0.2) is 4.80 Å². The smallest absolute Gasteiger partial charge is 0.338 e. The van der Waals surface area contributed by atoms with Crippen LogP contribution in [-0.4, -0.2) is 59.5 Å². The van der Waals surface area contributed by atoms with Gasteiger partial charge in [-0.05, 0) is 44.2 Å². The number of nitrogens with zero attached hydrogens (tertiary/aromatic N) is 3. The number of thiazole rings is 1. The Labute approximate surface area is 199 Å². The van der Waals surface area contributed by atoms with E-state index in [0.29, 0.717) is 30.1 Å². The molecule has 0 aliphatic carbocycles. The van der Waals surface area contributed by atoms with Gasteiger partial charge in [-0.25, -0.2) is 4.79 Å². The molecular formula is C24H23N3O6S. The van der Waals surface area contributed by atoms with E-state index in [9.17, 15) is 19.2 Å². The van der Waals surface area contributed by atoms with Crippen LogP contribution in [0, 0.1) is 0 Å². The summed E-state index contributed by atoms with van der Waals surface area (Å²) in [5.41, 5.74) is 1.74. The lowest BCUT2D eigenvalue weighted by Gasteiger charge is -2.10. The Hall–Kier alpha value is -3.63. The molecule has 2 heterocycles. The molecule has 10 heteroatoms. The average molecular weight is 482 g/mol. The van der Waals surface area contributed by atoms with E-state index in [1.165, 1.54) is 11.3 Å². The van der Waals surface area contributed by atoms with Crippen LogP contribution in [0.15, 0.2) is 47.5 Å². The topological polar surface area (TPSA) is 107 Å². The molecule has 1 aliphatic heterocycles. The second-order valence-corrected chi connectivity index (χ2v) is 8.39. The lowest BCUT2D eigenvalue weighted by atomic mass is 10.1. The minimum absolute atomic E-state index is 0.266. The first-order chi connectivity index (χ1) is 16.4. The van der Waals surface area contributed by atoms with Crippen molar-refractivity contribution in [2.45, 2.75) is 20.4 Å². The third kappa shape index (κ3) is 4.55. The molecule has 34 heavy (non-hydrogen) atoms. The van der Waals surface area contributed by atoms with Crippen LogP contribution in [0.5, 0.6) is 0 Å². The zero-order chi connectivity index (χ0) is 24.2. The Bertz CT molecular complexity index is 1320. The van der Waals surface area contributed by atoms with Gasteiger partial charge in [-0.1, -0.05) is 23.5 Å². The number of carbonyl (C=O) groups excluding carboxylic acids is 4. The highest BCUT2D eigenvalue weighted by Crippen LogP contribution is 2.23. The molecule has 9 nitrogen and oxygen atoms in total. The highest BCUT2D eigenvalue weighted by Gasteiger charge is 2.36. The molecule has 0 saturated heterocycles. The number of carbonyl (C=O) groups is 4. The van der Waals surface area contributed by atoms with Gasteiger partial charge in [0.05, 0.1) is 40.1 Å². The fraction of sp³-hybridized carbons (Fsp3) is 0.292. The van der Waals surface area contributed by atoms with Gasteiger partial charge in [0, 0.05) is 13.2 Å². The molecular weight excluding hydrogens is 458 g/mol. The van der Waals surface area contributed by atoms with Gasteiger partial charge in [0.1, 0.15) is 6.54 Å². The molecule has 0 radical (unpaired) electrons. The van der Waals surface area contributed by atoms with Gasteiger partial charge in [0.2, 0.25) is 0 Å². The van der Waals surface area contributed by atoms with Crippen LogP contribution in [0.1, 0.15) is 44.9 Å². The molecule has 0 N–H and O–H groups in total. The standard InChI is InChI=1S/C24H23N3O6S/c1-3-32-12-11-26-18-10-9-15(23(31)33-4-2)13-19(18)34-24(26)25-20(28)14-27-21(29)16-7-5-6-8-17(16)22(27)30/h5-10,13H,3-4,11-12,14H2,1-2H3. The van der Waals surface area contributed by atoms with Crippen LogP contribution in [0.3, 0.4) is 0 Å². The summed E-state index contributed by atoms with van der Waals surface area (Å²) >= 11 is 1.23. The van der Waals surface area contributed by atoms with E-state index in [1.807, 2.05) is 11.5 Å². The molecule has 176 valence electrons. The van der Waals surface area contributed by atoms with Crippen molar-refractivity contribution in [3.8, 4) is 0 Å². The maximum Gasteiger partial charge on any atom is 0.338 e. The van der Waals surface area contributed by atoms with Crippen LogP contribution in [0.2, 0.25) is 0 Å². The van der Waals surface area contributed by atoms with Crippen LogP contribution in [0.25, 0.3) is 10.2 Å². The molecule has 0 bridgehead atoms. The minimum Gasteiger partial charge on any atom is -0.462 e. The first kappa shape index (κ1) is 23.5. The van der Waals surface area contributed by atoms with E-state index in [-0.39, 0.29) is 17.7 Å². The number of aromatic nitrogens is 1. The lowest BCUT2D eigenvalue weighted by Crippen LogP contribution is -2.35. The monoisotopic (exact) mass is 481 g/mol. The first-order valence-corrected chi connectivity index (χ1v) is 11.7. The van der Waals surface area contributed by atoms with E-state index < -0.39 is 30.2 Å². The van der Waals surface area contributed by atoms with Gasteiger partial charge in [-0.15, -0.1) is 0 Å². The number of rotatable bonds is 8. The van der Waals surface area contributed by atoms with Gasteiger partial charge in [0.25, 0.3) is 17.7 Å². The van der Waals surface area contributed by atoms with E-state index in [0.717, 1.165) is 15.1 Å². The minimum atomic E-state index is -0.628. The lowest BCUT2D eigenvalue weighted by molar-refractivity contribution is -0.118. The number of ether oxygens (including phenoxy) is 2. The summed E-state index contributed by atoms with van der Waals surface area (Å²) in [6.07, 6.45) is 0. The van der Waals surface area contributed by atoms with Crippen molar-refractivity contribution in [2.24, 2.45) is 4.99 Å². The zero-order valence-electron chi connectivity index (χ0n) is 18.8. The van der Waals surface area contributed by atoms with Crippen molar-refractivity contribution in [1.82, 2.24) is 9.47 Å². The van der Waals surface area contributed by atoms with E-state index in [1.54, 1.807) is 49.4 Å². The third-order valence-electron chi connectivity index (χ3n) is 5.25. The average Bonchev–Trinajstić information content (AvgIpc) is 3.29. The SMILES string of the molecule is CCOCCn1c(=NC(=O)CN2C(=O)c3ccccc3C2=O)sc2cc(C(=O)OCC)ccc21. The quantitative estimate of drug-likeness (QED) is 0.278. The molecule has 2 aromatic carbocycles. The molecule has 0 atom stereocenters. The van der Waals surface area contributed by atoms with E-state index in [2.05, 4.69) is 4.99 Å². The Morgan fingerprint density at radius 1 is 1.00 bits per heavy atom. The highest BCUT2D eigenvalue weighted by molar-refractivity contribution is 7.16. The Morgan fingerprint density at radius 2 is 1.71 bits per heavy atom. The Morgan fingerprint density at radius 3 is 2.35 bits per heavy atom. The van der Waals surface area contributed by atoms with Crippen molar-refractivity contribution < 1.29 is 28.7 Å². The van der Waals surface area contributed by atoms with Crippen LogP contribution < -0.4 is 4.80 Å². The van der Waals surface area contributed by atoms with Crippen LogP contribution >= 0.6 is 11.3 Å². The van der Waals surface area contributed by atoms with Gasteiger partial charge in [-0.2, -0.15) is 4.99 Å². The normalized spacial score (nSPS) is 13.6. The summed E-state index contributed by atoms with van der Waals surface area (Å²) in [6.45, 7) is 4.82. The molecule has 1 aliphatic rings. The zero-order valence-corrected chi connectivity index (χ0v) is 19.6. The summed E-state index contributed by atoms with van der Waals surface area (Å²) in [6, 6.07) is 11.6. The van der Waals surface area contributed by atoms with Crippen molar-refractivity contribution in [2.75, 3.05) is 26.4 Å². The Balaban J connectivity index is 1.66. The second-order valence-electron chi connectivity index (χ2n) is 7.38. The molecule has 3 aromatic rings. The van der Waals surface area contributed by atoms with Gasteiger partial charge < -0.3 is 14.0 Å². The van der Waals surface area contributed by atoms with E-state index >= 15 is 0 Å². The summed E-state index contributed by atoms with van der Waals surface area (Å²) in [5.74, 6) is -2.08. The largest absolute Gasteiger partial charge is 0.462 e. The fourth-order valence-corrected chi connectivity index (χ4v) is 4.79. The van der Waals surface area contributed by atoms with E-state index in [4.69, 9.17) is 9.47 Å².